The van der Waals surface area contributed by atoms with Crippen molar-refractivity contribution in [3.8, 4) is 0 Å². The molecule has 3 N–H and O–H groups in total. The maximum Gasteiger partial charge on any atom is 0.272 e. The van der Waals surface area contributed by atoms with Crippen LogP contribution in [0.1, 0.15) is 15.9 Å². The highest BCUT2D eigenvalue weighted by atomic mass is 35.5. The number of benzene rings is 4. The van der Waals surface area contributed by atoms with Crippen LogP contribution in [0.2, 0.25) is 5.02 Å². The number of thioether (sulfide) groups is 1. The predicted octanol–water partition coefficient (Wildman–Crippen LogP) is 6.62. The Morgan fingerprint density at radius 1 is 0.795 bits per heavy atom. The molecule has 0 saturated carbocycles. The summed E-state index contributed by atoms with van der Waals surface area (Å²) in [5.41, 5.74) is 2.03. The summed E-state index contributed by atoms with van der Waals surface area (Å²) in [6.07, 6.45) is 1.47. The molecule has 0 aliphatic heterocycles. The smallest absolute Gasteiger partial charge is 0.272 e. The number of hydrogen-bond donors (Lipinski definition) is 3. The third-order valence-electron chi connectivity index (χ3n) is 5.30. The van der Waals surface area contributed by atoms with Crippen LogP contribution in [0.25, 0.3) is 6.08 Å². The van der Waals surface area contributed by atoms with Crippen molar-refractivity contribution in [2.45, 2.75) is 4.90 Å². The van der Waals surface area contributed by atoms with Crippen LogP contribution >= 0.6 is 23.4 Å². The molecule has 6 nitrogen and oxygen atoms in total. The molecule has 0 spiro atoms. The van der Waals surface area contributed by atoms with Crippen LogP contribution in [-0.4, -0.2) is 23.5 Å². The molecule has 0 radical (unpaired) electrons. The minimum atomic E-state index is -0.551. The second kappa shape index (κ2) is 13.4. The zero-order valence-electron chi connectivity index (χ0n) is 20.5. The highest BCUT2D eigenvalue weighted by Crippen LogP contribution is 2.22. The molecule has 0 heterocycles. The summed E-state index contributed by atoms with van der Waals surface area (Å²) in [6, 6.07) is 27.9. The lowest BCUT2D eigenvalue weighted by atomic mass is 10.1. The van der Waals surface area contributed by atoms with Crippen LogP contribution in [0.4, 0.5) is 15.8 Å². The van der Waals surface area contributed by atoms with Crippen LogP contribution < -0.4 is 16.0 Å². The van der Waals surface area contributed by atoms with Gasteiger partial charge in [0, 0.05) is 26.9 Å². The van der Waals surface area contributed by atoms with E-state index in [9.17, 15) is 18.8 Å². The standard InChI is InChI=1S/C30H23ClFN3O3S/c31-22-7-4-8-25(18-22)33-28(36)19-39-26-15-13-24(14-16-26)34-30(38)27(17-20-9-11-23(32)12-10-20)35-29(37)21-5-2-1-3-6-21/h1-18H,19H2,(H,33,36)(H,34,38)(H,35,37)/b27-17-. The highest BCUT2D eigenvalue weighted by molar-refractivity contribution is 8.00. The van der Waals surface area contributed by atoms with Gasteiger partial charge in [0.25, 0.3) is 11.8 Å². The fourth-order valence-electron chi connectivity index (χ4n) is 3.41. The van der Waals surface area contributed by atoms with E-state index in [0.29, 0.717) is 27.5 Å². The van der Waals surface area contributed by atoms with Crippen molar-refractivity contribution in [3.63, 3.8) is 0 Å². The molecular weight excluding hydrogens is 537 g/mol. The van der Waals surface area contributed by atoms with E-state index in [4.69, 9.17) is 11.6 Å². The molecule has 0 saturated heterocycles. The zero-order valence-corrected chi connectivity index (χ0v) is 22.1. The lowest BCUT2D eigenvalue weighted by molar-refractivity contribution is -0.114. The third kappa shape index (κ3) is 8.56. The number of amides is 3. The number of carbonyl (C=O) groups excluding carboxylic acids is 3. The van der Waals surface area contributed by atoms with Gasteiger partial charge in [0.1, 0.15) is 11.5 Å². The van der Waals surface area contributed by atoms with Crippen LogP contribution in [0.15, 0.2) is 114 Å². The molecule has 0 aromatic heterocycles. The van der Waals surface area contributed by atoms with Crippen LogP contribution in [0.5, 0.6) is 0 Å². The first-order chi connectivity index (χ1) is 18.9. The van der Waals surface area contributed by atoms with Crippen molar-refractivity contribution in [2.24, 2.45) is 0 Å². The summed E-state index contributed by atoms with van der Waals surface area (Å²) < 4.78 is 13.3. The van der Waals surface area contributed by atoms with E-state index in [2.05, 4.69) is 16.0 Å². The number of hydrogen-bond acceptors (Lipinski definition) is 4. The summed E-state index contributed by atoms with van der Waals surface area (Å²) in [5, 5.41) is 8.73. The Hall–Kier alpha value is -4.40. The Morgan fingerprint density at radius 3 is 2.21 bits per heavy atom. The quantitative estimate of drug-likeness (QED) is 0.159. The monoisotopic (exact) mass is 559 g/mol. The van der Waals surface area contributed by atoms with E-state index in [1.807, 2.05) is 0 Å². The second-order valence-electron chi connectivity index (χ2n) is 8.26. The lowest BCUT2D eigenvalue weighted by Gasteiger charge is -2.12. The summed E-state index contributed by atoms with van der Waals surface area (Å²) in [6.45, 7) is 0. The average molecular weight is 560 g/mol. The van der Waals surface area contributed by atoms with E-state index in [-0.39, 0.29) is 17.4 Å². The molecule has 9 heteroatoms. The highest BCUT2D eigenvalue weighted by Gasteiger charge is 2.15. The fourth-order valence-corrected chi connectivity index (χ4v) is 4.30. The molecule has 0 fully saturated rings. The summed E-state index contributed by atoms with van der Waals surface area (Å²) >= 11 is 7.28. The van der Waals surface area contributed by atoms with Crippen molar-refractivity contribution in [1.29, 1.82) is 0 Å². The molecule has 0 aliphatic carbocycles. The van der Waals surface area contributed by atoms with Gasteiger partial charge in [-0.15, -0.1) is 11.8 Å². The molecule has 4 aromatic carbocycles. The molecule has 0 aliphatic rings. The molecule has 0 bridgehead atoms. The SMILES string of the molecule is O=C(CSc1ccc(NC(=O)/C(=C/c2ccc(F)cc2)NC(=O)c2ccccc2)cc1)Nc1cccc(Cl)c1. The van der Waals surface area contributed by atoms with Gasteiger partial charge in [0.15, 0.2) is 0 Å². The van der Waals surface area contributed by atoms with Gasteiger partial charge in [-0.2, -0.15) is 0 Å². The zero-order chi connectivity index (χ0) is 27.6. The number of carbonyl (C=O) groups is 3. The molecule has 0 atom stereocenters. The molecule has 0 unspecified atom stereocenters. The number of halogens is 2. The van der Waals surface area contributed by atoms with Gasteiger partial charge in [-0.1, -0.05) is 48.0 Å². The van der Waals surface area contributed by atoms with E-state index in [0.717, 1.165) is 4.90 Å². The van der Waals surface area contributed by atoms with Crippen LogP contribution in [0, 0.1) is 5.82 Å². The molecular formula is C30H23ClFN3O3S. The minimum absolute atomic E-state index is 0.00778. The summed E-state index contributed by atoms with van der Waals surface area (Å²) in [5.74, 6) is -1.41. The first kappa shape index (κ1) is 27.6. The topological polar surface area (TPSA) is 87.3 Å². The Bertz CT molecular complexity index is 1490. The average Bonchev–Trinajstić information content (AvgIpc) is 2.94. The van der Waals surface area contributed by atoms with Crippen molar-refractivity contribution in [1.82, 2.24) is 5.32 Å². The Balaban J connectivity index is 1.40. The van der Waals surface area contributed by atoms with Crippen molar-refractivity contribution in [2.75, 3.05) is 16.4 Å². The van der Waals surface area contributed by atoms with E-state index in [1.54, 1.807) is 78.9 Å². The predicted molar refractivity (Wildman–Crippen MR) is 154 cm³/mol. The van der Waals surface area contributed by atoms with Crippen molar-refractivity contribution >= 4 is 58.5 Å². The van der Waals surface area contributed by atoms with Crippen molar-refractivity contribution < 1.29 is 18.8 Å². The first-order valence-electron chi connectivity index (χ1n) is 11.8. The van der Waals surface area contributed by atoms with Gasteiger partial charge in [-0.3, -0.25) is 14.4 Å². The number of anilines is 2. The Labute approximate surface area is 234 Å². The van der Waals surface area contributed by atoms with E-state index >= 15 is 0 Å². The molecule has 4 rings (SSSR count). The summed E-state index contributed by atoms with van der Waals surface area (Å²) in [7, 11) is 0. The molecule has 3 amide bonds. The van der Waals surface area contributed by atoms with Gasteiger partial charge in [0.2, 0.25) is 5.91 Å². The maximum atomic E-state index is 13.3. The summed E-state index contributed by atoms with van der Waals surface area (Å²) in [4.78, 5) is 38.9. The normalized spacial score (nSPS) is 11.0. The Kier molecular flexibility index (Phi) is 9.50. The Morgan fingerprint density at radius 2 is 1.51 bits per heavy atom. The number of rotatable bonds is 9. The van der Waals surface area contributed by atoms with Gasteiger partial charge in [-0.05, 0) is 78.4 Å². The first-order valence-corrected chi connectivity index (χ1v) is 13.2. The molecule has 4 aromatic rings. The minimum Gasteiger partial charge on any atom is -0.325 e. The molecule has 196 valence electrons. The lowest BCUT2D eigenvalue weighted by Crippen LogP contribution is -2.30. The van der Waals surface area contributed by atoms with Gasteiger partial charge in [0.05, 0.1) is 5.75 Å². The van der Waals surface area contributed by atoms with Crippen LogP contribution in [-0.2, 0) is 9.59 Å². The van der Waals surface area contributed by atoms with Crippen molar-refractivity contribution in [3.05, 3.63) is 131 Å². The van der Waals surface area contributed by atoms with Gasteiger partial charge >= 0.3 is 0 Å². The molecule has 39 heavy (non-hydrogen) atoms. The van der Waals surface area contributed by atoms with Crippen LogP contribution in [0.3, 0.4) is 0 Å². The fraction of sp³-hybridized carbons (Fsp3) is 0.0333. The second-order valence-corrected chi connectivity index (χ2v) is 9.74. The van der Waals surface area contributed by atoms with E-state index in [1.165, 1.54) is 42.1 Å². The third-order valence-corrected chi connectivity index (χ3v) is 6.55. The number of nitrogens with one attached hydrogen (secondary N) is 3. The van der Waals surface area contributed by atoms with Gasteiger partial charge in [-0.25, -0.2) is 4.39 Å². The maximum absolute atomic E-state index is 13.3. The largest absolute Gasteiger partial charge is 0.325 e. The van der Waals surface area contributed by atoms with E-state index < -0.39 is 17.6 Å². The van der Waals surface area contributed by atoms with Gasteiger partial charge < -0.3 is 16.0 Å².